The van der Waals surface area contributed by atoms with E-state index in [-0.39, 0.29) is 5.91 Å². The Balaban J connectivity index is 1.45. The summed E-state index contributed by atoms with van der Waals surface area (Å²) in [6.07, 6.45) is 6.56. The number of piperidine rings is 1. The second-order valence-corrected chi connectivity index (χ2v) is 7.30. The molecule has 2 saturated heterocycles. The van der Waals surface area contributed by atoms with Gasteiger partial charge in [0, 0.05) is 49.0 Å². The number of aromatic amines is 1. The fourth-order valence-corrected chi connectivity index (χ4v) is 4.14. The zero-order chi connectivity index (χ0) is 17.2. The number of likely N-dealkylation sites (tertiary alicyclic amines) is 1. The molecule has 0 bridgehead atoms. The maximum Gasteiger partial charge on any atom is 0.253 e. The number of rotatable bonds is 3. The monoisotopic (exact) mass is 338 g/mol. The molecule has 0 unspecified atom stereocenters. The van der Waals surface area contributed by atoms with E-state index in [1.807, 2.05) is 23.2 Å². The first-order valence-electron chi connectivity index (χ1n) is 9.36. The predicted molar refractivity (Wildman–Crippen MR) is 99.1 cm³/mol. The number of carbonyl (C=O) groups is 1. The number of hydrogen-bond acceptors (Lipinski definition) is 3. The third-order valence-electron chi connectivity index (χ3n) is 5.57. The van der Waals surface area contributed by atoms with E-state index < -0.39 is 0 Å². The Morgan fingerprint density at radius 1 is 1.12 bits per heavy atom. The number of aryl methyl sites for hydroxylation is 1. The van der Waals surface area contributed by atoms with Crippen molar-refractivity contribution in [3.05, 3.63) is 47.3 Å². The van der Waals surface area contributed by atoms with E-state index in [4.69, 9.17) is 0 Å². The zero-order valence-electron chi connectivity index (χ0n) is 14.9. The first-order chi connectivity index (χ1) is 12.2. The van der Waals surface area contributed by atoms with Crippen LogP contribution in [0.25, 0.3) is 0 Å². The summed E-state index contributed by atoms with van der Waals surface area (Å²) in [4.78, 5) is 17.3. The molecule has 132 valence electrons. The molecule has 0 radical (unpaired) electrons. The van der Waals surface area contributed by atoms with Gasteiger partial charge in [0.15, 0.2) is 0 Å². The molecule has 25 heavy (non-hydrogen) atoms. The molecule has 0 aliphatic carbocycles. The van der Waals surface area contributed by atoms with E-state index in [0.717, 1.165) is 44.6 Å². The van der Waals surface area contributed by atoms with Crippen LogP contribution in [-0.4, -0.2) is 47.2 Å². The quantitative estimate of drug-likeness (QED) is 0.934. The minimum atomic E-state index is 0.148. The molecule has 1 N–H and O–H groups in total. The number of H-pyrrole nitrogens is 1. The molecule has 3 heterocycles. The van der Waals surface area contributed by atoms with Crippen LogP contribution in [0.15, 0.2) is 30.5 Å². The van der Waals surface area contributed by atoms with Crippen LogP contribution in [0, 0.1) is 6.92 Å². The zero-order valence-corrected chi connectivity index (χ0v) is 14.9. The molecule has 1 aromatic heterocycles. The number of carbonyl (C=O) groups excluding carboxylic acids is 1. The average molecular weight is 338 g/mol. The van der Waals surface area contributed by atoms with E-state index in [1.54, 1.807) is 0 Å². The summed E-state index contributed by atoms with van der Waals surface area (Å²) in [6, 6.07) is 8.17. The Bertz CT molecular complexity index is 730. The van der Waals surface area contributed by atoms with Crippen molar-refractivity contribution in [2.24, 2.45) is 0 Å². The van der Waals surface area contributed by atoms with E-state index in [0.29, 0.717) is 5.92 Å². The number of aromatic nitrogens is 2. The van der Waals surface area contributed by atoms with Gasteiger partial charge in [0.05, 0.1) is 6.20 Å². The molecule has 1 amide bonds. The van der Waals surface area contributed by atoms with Crippen LogP contribution in [0.3, 0.4) is 0 Å². The molecular formula is C20H26N4O. The van der Waals surface area contributed by atoms with Crippen molar-refractivity contribution in [2.45, 2.75) is 38.5 Å². The normalized spacial score (nSPS) is 20.9. The lowest BCUT2D eigenvalue weighted by Gasteiger charge is -2.32. The van der Waals surface area contributed by atoms with E-state index in [1.165, 1.54) is 29.8 Å². The third-order valence-corrected chi connectivity index (χ3v) is 5.57. The van der Waals surface area contributed by atoms with Gasteiger partial charge in [-0.2, -0.15) is 5.10 Å². The average Bonchev–Trinajstić information content (AvgIpc) is 3.33. The van der Waals surface area contributed by atoms with Gasteiger partial charge in [-0.25, -0.2) is 0 Å². The van der Waals surface area contributed by atoms with Crippen LogP contribution in [0.4, 0.5) is 5.69 Å². The molecule has 1 aromatic carbocycles. The Morgan fingerprint density at radius 3 is 2.56 bits per heavy atom. The molecule has 0 spiro atoms. The molecule has 2 fully saturated rings. The second-order valence-electron chi connectivity index (χ2n) is 7.30. The maximum absolute atomic E-state index is 12.9. The van der Waals surface area contributed by atoms with Gasteiger partial charge in [-0.1, -0.05) is 0 Å². The molecule has 4 rings (SSSR count). The standard InChI is InChI=1S/C20H26N4O/c1-15-13-21-22-19(15)17-5-4-12-24(14-17)20(25)16-6-8-18(9-7-16)23-10-2-3-11-23/h6-9,13,17H,2-5,10-12,14H2,1H3,(H,21,22)/t17-/m1/s1. The molecule has 2 aliphatic heterocycles. The second kappa shape index (κ2) is 6.90. The van der Waals surface area contributed by atoms with E-state index in [2.05, 4.69) is 34.2 Å². The van der Waals surface area contributed by atoms with Gasteiger partial charge in [-0.3, -0.25) is 9.89 Å². The molecular weight excluding hydrogens is 312 g/mol. The molecule has 5 nitrogen and oxygen atoms in total. The van der Waals surface area contributed by atoms with Gasteiger partial charge >= 0.3 is 0 Å². The number of hydrogen-bond donors (Lipinski definition) is 1. The minimum Gasteiger partial charge on any atom is -0.372 e. The van der Waals surface area contributed by atoms with Crippen molar-refractivity contribution >= 4 is 11.6 Å². The van der Waals surface area contributed by atoms with Crippen molar-refractivity contribution < 1.29 is 4.79 Å². The van der Waals surface area contributed by atoms with E-state index >= 15 is 0 Å². The summed E-state index contributed by atoms with van der Waals surface area (Å²) in [6.45, 7) is 5.96. The van der Waals surface area contributed by atoms with Gasteiger partial charge in [0.2, 0.25) is 0 Å². The van der Waals surface area contributed by atoms with Crippen LogP contribution in [-0.2, 0) is 0 Å². The first kappa shape index (κ1) is 16.2. The molecule has 2 aliphatic rings. The minimum absolute atomic E-state index is 0.148. The summed E-state index contributed by atoms with van der Waals surface area (Å²) in [5, 5.41) is 7.26. The Hall–Kier alpha value is -2.30. The highest BCUT2D eigenvalue weighted by Gasteiger charge is 2.27. The lowest BCUT2D eigenvalue weighted by molar-refractivity contribution is 0.0705. The Labute approximate surface area is 149 Å². The third kappa shape index (κ3) is 3.28. The van der Waals surface area contributed by atoms with E-state index in [9.17, 15) is 4.79 Å². The van der Waals surface area contributed by atoms with Crippen LogP contribution < -0.4 is 4.90 Å². The van der Waals surface area contributed by atoms with Crippen molar-refractivity contribution in [2.75, 3.05) is 31.1 Å². The van der Waals surface area contributed by atoms with Crippen LogP contribution in [0.2, 0.25) is 0 Å². The van der Waals surface area contributed by atoms with Crippen molar-refractivity contribution in [3.63, 3.8) is 0 Å². The smallest absolute Gasteiger partial charge is 0.253 e. The number of nitrogens with one attached hydrogen (secondary N) is 1. The Kier molecular flexibility index (Phi) is 4.47. The van der Waals surface area contributed by atoms with Crippen LogP contribution in [0.5, 0.6) is 0 Å². The summed E-state index contributed by atoms with van der Waals surface area (Å²) in [7, 11) is 0. The number of amides is 1. The highest BCUT2D eigenvalue weighted by atomic mass is 16.2. The highest BCUT2D eigenvalue weighted by Crippen LogP contribution is 2.28. The summed E-state index contributed by atoms with van der Waals surface area (Å²) in [5.41, 5.74) is 4.40. The highest BCUT2D eigenvalue weighted by molar-refractivity contribution is 5.94. The lowest BCUT2D eigenvalue weighted by atomic mass is 9.92. The van der Waals surface area contributed by atoms with Gasteiger partial charge in [0.25, 0.3) is 5.91 Å². The topological polar surface area (TPSA) is 52.2 Å². The van der Waals surface area contributed by atoms with Gasteiger partial charge < -0.3 is 9.80 Å². The largest absolute Gasteiger partial charge is 0.372 e. The van der Waals surface area contributed by atoms with Gasteiger partial charge in [-0.15, -0.1) is 0 Å². The molecule has 0 saturated carbocycles. The summed E-state index contributed by atoms with van der Waals surface area (Å²) < 4.78 is 0. The summed E-state index contributed by atoms with van der Waals surface area (Å²) in [5.74, 6) is 0.513. The number of benzene rings is 1. The van der Waals surface area contributed by atoms with Gasteiger partial charge in [-0.05, 0) is 62.4 Å². The van der Waals surface area contributed by atoms with Crippen LogP contribution in [0.1, 0.15) is 53.2 Å². The molecule has 2 aromatic rings. The molecule has 5 heteroatoms. The fraction of sp³-hybridized carbons (Fsp3) is 0.500. The van der Waals surface area contributed by atoms with Crippen molar-refractivity contribution in [1.29, 1.82) is 0 Å². The number of nitrogens with zero attached hydrogens (tertiary/aromatic N) is 3. The Morgan fingerprint density at radius 2 is 1.88 bits per heavy atom. The fourth-order valence-electron chi connectivity index (χ4n) is 4.14. The SMILES string of the molecule is Cc1cn[nH]c1[C@@H]1CCCN(C(=O)c2ccc(N3CCCC3)cc2)C1. The molecule has 1 atom stereocenters. The maximum atomic E-state index is 12.9. The summed E-state index contributed by atoms with van der Waals surface area (Å²) >= 11 is 0. The lowest BCUT2D eigenvalue weighted by Crippen LogP contribution is -2.39. The predicted octanol–water partition coefficient (Wildman–Crippen LogP) is 3.34. The van der Waals surface area contributed by atoms with Gasteiger partial charge in [0.1, 0.15) is 0 Å². The first-order valence-corrected chi connectivity index (χ1v) is 9.36. The van der Waals surface area contributed by atoms with Crippen LogP contribution >= 0.6 is 0 Å². The van der Waals surface area contributed by atoms with Crippen molar-refractivity contribution in [3.8, 4) is 0 Å². The van der Waals surface area contributed by atoms with Crippen molar-refractivity contribution in [1.82, 2.24) is 15.1 Å². The number of anilines is 1.